The molecule has 2 amide bonds. The highest BCUT2D eigenvalue weighted by molar-refractivity contribution is 9.10. The van der Waals surface area contributed by atoms with E-state index >= 15 is 0 Å². The number of benzene rings is 1. The number of alkyl carbamates (subject to hydrolysis) is 1. The predicted octanol–water partition coefficient (Wildman–Crippen LogP) is 3.62. The average Bonchev–Trinajstić information content (AvgIpc) is 2.54. The van der Waals surface area contributed by atoms with Crippen LogP contribution in [0.15, 0.2) is 33.9 Å². The SMILES string of the molecule is CC(C)CC(NC(=O)OC(C)(C)C)/C(N)=N/OCC(=O)Nc1ccc(Br)cc1. The Morgan fingerprint density at radius 3 is 2.36 bits per heavy atom. The molecule has 0 spiro atoms. The second kappa shape index (κ2) is 10.9. The zero-order valence-electron chi connectivity index (χ0n) is 16.9. The summed E-state index contributed by atoms with van der Waals surface area (Å²) in [6.07, 6.45) is -0.0486. The summed E-state index contributed by atoms with van der Waals surface area (Å²) in [5.41, 5.74) is 5.96. The minimum Gasteiger partial charge on any atom is -0.444 e. The van der Waals surface area contributed by atoms with Crippen LogP contribution in [0.2, 0.25) is 0 Å². The van der Waals surface area contributed by atoms with Crippen molar-refractivity contribution in [1.29, 1.82) is 0 Å². The topological polar surface area (TPSA) is 115 Å². The first kappa shape index (κ1) is 23.7. The molecule has 8 nitrogen and oxygen atoms in total. The van der Waals surface area contributed by atoms with Crippen LogP contribution in [-0.2, 0) is 14.4 Å². The maximum atomic E-state index is 12.0. The van der Waals surface area contributed by atoms with Gasteiger partial charge in [-0.15, -0.1) is 0 Å². The molecular formula is C19H29BrN4O4. The van der Waals surface area contributed by atoms with Gasteiger partial charge in [0.1, 0.15) is 5.60 Å². The Kier molecular flexibility index (Phi) is 9.24. The largest absolute Gasteiger partial charge is 0.444 e. The van der Waals surface area contributed by atoms with Gasteiger partial charge in [-0.05, 0) is 57.4 Å². The molecule has 4 N–H and O–H groups in total. The highest BCUT2D eigenvalue weighted by Crippen LogP contribution is 2.14. The van der Waals surface area contributed by atoms with Gasteiger partial charge in [0.15, 0.2) is 12.4 Å². The van der Waals surface area contributed by atoms with Gasteiger partial charge in [-0.25, -0.2) is 4.79 Å². The van der Waals surface area contributed by atoms with Crippen LogP contribution in [0, 0.1) is 5.92 Å². The summed E-state index contributed by atoms with van der Waals surface area (Å²) in [7, 11) is 0. The Balaban J connectivity index is 2.60. The molecule has 1 atom stereocenters. The van der Waals surface area contributed by atoms with Crippen LogP contribution in [0.3, 0.4) is 0 Å². The van der Waals surface area contributed by atoms with Gasteiger partial charge < -0.3 is 25.9 Å². The van der Waals surface area contributed by atoms with Gasteiger partial charge in [0.2, 0.25) is 0 Å². The third-order valence-corrected chi connectivity index (χ3v) is 3.78. The minimum absolute atomic E-state index is 0.0657. The van der Waals surface area contributed by atoms with Gasteiger partial charge >= 0.3 is 6.09 Å². The number of halogens is 1. The number of hydrogen-bond donors (Lipinski definition) is 3. The third kappa shape index (κ3) is 10.1. The van der Waals surface area contributed by atoms with Crippen LogP contribution < -0.4 is 16.4 Å². The molecule has 0 saturated carbocycles. The van der Waals surface area contributed by atoms with Crippen molar-refractivity contribution in [2.45, 2.75) is 52.7 Å². The van der Waals surface area contributed by atoms with E-state index in [1.54, 1.807) is 32.9 Å². The van der Waals surface area contributed by atoms with Gasteiger partial charge in [-0.3, -0.25) is 4.79 Å². The Hall–Kier alpha value is -2.29. The van der Waals surface area contributed by atoms with E-state index in [2.05, 4.69) is 31.7 Å². The zero-order chi connectivity index (χ0) is 21.3. The summed E-state index contributed by atoms with van der Waals surface area (Å²) >= 11 is 3.32. The van der Waals surface area contributed by atoms with Crippen LogP contribution in [0.1, 0.15) is 41.0 Å². The van der Waals surface area contributed by atoms with Crippen molar-refractivity contribution < 1.29 is 19.2 Å². The molecule has 156 valence electrons. The summed E-state index contributed by atoms with van der Waals surface area (Å²) in [4.78, 5) is 29.0. The van der Waals surface area contributed by atoms with Crippen molar-refractivity contribution >= 4 is 39.5 Å². The first-order valence-electron chi connectivity index (χ1n) is 8.96. The number of nitrogens with zero attached hydrogens (tertiary/aromatic N) is 1. The molecule has 9 heteroatoms. The Bertz CT molecular complexity index is 684. The lowest BCUT2D eigenvalue weighted by Gasteiger charge is -2.24. The molecule has 28 heavy (non-hydrogen) atoms. The van der Waals surface area contributed by atoms with Crippen LogP contribution in [0.5, 0.6) is 0 Å². The number of amidine groups is 1. The van der Waals surface area contributed by atoms with Crippen molar-refractivity contribution in [3.8, 4) is 0 Å². The smallest absolute Gasteiger partial charge is 0.408 e. The lowest BCUT2D eigenvalue weighted by molar-refractivity contribution is -0.120. The number of nitrogens with two attached hydrogens (primary N) is 1. The van der Waals surface area contributed by atoms with E-state index in [0.29, 0.717) is 12.1 Å². The molecule has 0 bridgehead atoms. The van der Waals surface area contributed by atoms with E-state index in [9.17, 15) is 9.59 Å². The fraction of sp³-hybridized carbons (Fsp3) is 0.526. The van der Waals surface area contributed by atoms with Crippen LogP contribution in [0.4, 0.5) is 10.5 Å². The average molecular weight is 457 g/mol. The summed E-state index contributed by atoms with van der Waals surface area (Å²) in [6, 6.07) is 6.56. The molecule has 1 aromatic carbocycles. The number of hydrogen-bond acceptors (Lipinski definition) is 5. The molecule has 0 aliphatic rings. The standard InChI is InChI=1S/C19H29BrN4O4/c1-12(2)10-15(23-18(26)28-19(3,4)5)17(21)24-27-11-16(25)22-14-8-6-13(20)7-9-14/h6-9,12,15H,10-11H2,1-5H3,(H2,21,24)(H,22,25)(H,23,26). The summed E-state index contributed by atoms with van der Waals surface area (Å²) in [5, 5.41) is 9.14. The Morgan fingerprint density at radius 1 is 1.21 bits per heavy atom. The molecule has 0 fully saturated rings. The molecule has 1 unspecified atom stereocenters. The first-order chi connectivity index (χ1) is 13.0. The second-order valence-electron chi connectivity index (χ2n) is 7.67. The normalized spacial score (nSPS) is 13.0. The molecule has 0 aromatic heterocycles. The summed E-state index contributed by atoms with van der Waals surface area (Å²) < 4.78 is 6.16. The van der Waals surface area contributed by atoms with E-state index < -0.39 is 17.7 Å². The second-order valence-corrected chi connectivity index (χ2v) is 8.59. The van der Waals surface area contributed by atoms with Gasteiger partial charge in [0, 0.05) is 10.2 Å². The number of anilines is 1. The molecule has 0 aliphatic heterocycles. The number of nitrogens with one attached hydrogen (secondary N) is 2. The molecule has 0 aliphatic carbocycles. The first-order valence-corrected chi connectivity index (χ1v) is 9.76. The van der Waals surface area contributed by atoms with Crippen molar-refractivity contribution in [2.75, 3.05) is 11.9 Å². The van der Waals surface area contributed by atoms with Crippen molar-refractivity contribution in [2.24, 2.45) is 16.8 Å². The molecule has 0 heterocycles. The highest BCUT2D eigenvalue weighted by atomic mass is 79.9. The molecular weight excluding hydrogens is 428 g/mol. The number of carbonyl (C=O) groups excluding carboxylic acids is 2. The summed E-state index contributed by atoms with van der Waals surface area (Å²) in [6.45, 7) is 8.99. The van der Waals surface area contributed by atoms with E-state index in [1.807, 2.05) is 26.0 Å². The minimum atomic E-state index is -0.625. The number of carbonyl (C=O) groups is 2. The van der Waals surface area contributed by atoms with Crippen molar-refractivity contribution in [3.63, 3.8) is 0 Å². The quantitative estimate of drug-likeness (QED) is 0.313. The molecule has 1 aromatic rings. The Morgan fingerprint density at radius 2 is 1.82 bits per heavy atom. The van der Waals surface area contributed by atoms with Crippen molar-refractivity contribution in [1.82, 2.24) is 5.32 Å². The van der Waals surface area contributed by atoms with E-state index in [4.69, 9.17) is 15.3 Å². The van der Waals surface area contributed by atoms with Crippen LogP contribution in [0.25, 0.3) is 0 Å². The van der Waals surface area contributed by atoms with Gasteiger partial charge in [0.05, 0.1) is 6.04 Å². The van der Waals surface area contributed by atoms with Crippen LogP contribution in [-0.4, -0.2) is 36.1 Å². The third-order valence-electron chi connectivity index (χ3n) is 3.25. The van der Waals surface area contributed by atoms with E-state index in [0.717, 1.165) is 4.47 Å². The van der Waals surface area contributed by atoms with Gasteiger partial charge in [0.25, 0.3) is 5.91 Å². The maximum Gasteiger partial charge on any atom is 0.408 e. The Labute approximate surface area is 174 Å². The number of oxime groups is 1. The summed E-state index contributed by atoms with van der Waals surface area (Å²) in [5.74, 6) is -0.0650. The lowest BCUT2D eigenvalue weighted by atomic mass is 10.0. The molecule has 0 saturated heterocycles. The number of rotatable bonds is 8. The van der Waals surface area contributed by atoms with Gasteiger partial charge in [-0.1, -0.05) is 34.9 Å². The highest BCUT2D eigenvalue weighted by Gasteiger charge is 2.23. The molecule has 1 rings (SSSR count). The predicted molar refractivity (Wildman–Crippen MR) is 113 cm³/mol. The maximum absolute atomic E-state index is 12.0. The van der Waals surface area contributed by atoms with Crippen LogP contribution >= 0.6 is 15.9 Å². The van der Waals surface area contributed by atoms with E-state index in [1.165, 1.54) is 0 Å². The van der Waals surface area contributed by atoms with Crippen molar-refractivity contribution in [3.05, 3.63) is 28.7 Å². The zero-order valence-corrected chi connectivity index (χ0v) is 18.5. The monoisotopic (exact) mass is 456 g/mol. The van der Waals surface area contributed by atoms with E-state index in [-0.39, 0.29) is 24.3 Å². The molecule has 0 radical (unpaired) electrons. The number of amides is 2. The van der Waals surface area contributed by atoms with Gasteiger partial charge in [-0.2, -0.15) is 0 Å². The fourth-order valence-corrected chi connectivity index (χ4v) is 2.40. The number of ether oxygens (including phenoxy) is 1. The lowest BCUT2D eigenvalue weighted by Crippen LogP contribution is -2.47. The fourth-order valence-electron chi connectivity index (χ4n) is 2.13.